The van der Waals surface area contributed by atoms with E-state index in [9.17, 15) is 0 Å². The average molecular weight is 223 g/mol. The molecule has 2 N–H and O–H groups in total. The summed E-state index contributed by atoms with van der Waals surface area (Å²) in [4.78, 5) is 4.46. The standard InChI is InChI=1S/C14H13N3/c1-10-3-2-4-11(7-10)14-16-9-13-8-12(15)5-6-17(13)14/h2-9H,15H2,1H3. The van der Waals surface area contributed by atoms with Gasteiger partial charge in [0.2, 0.25) is 0 Å². The fourth-order valence-electron chi connectivity index (χ4n) is 2.01. The summed E-state index contributed by atoms with van der Waals surface area (Å²) in [6.45, 7) is 2.08. The van der Waals surface area contributed by atoms with Crippen LogP contribution in [0.25, 0.3) is 16.9 Å². The lowest BCUT2D eigenvalue weighted by atomic mass is 10.1. The molecule has 0 aliphatic heterocycles. The molecule has 0 bridgehead atoms. The van der Waals surface area contributed by atoms with E-state index in [4.69, 9.17) is 5.73 Å². The van der Waals surface area contributed by atoms with Gasteiger partial charge in [-0.1, -0.05) is 23.8 Å². The van der Waals surface area contributed by atoms with Crippen LogP contribution in [0.15, 0.2) is 48.8 Å². The third kappa shape index (κ3) is 1.65. The lowest BCUT2D eigenvalue weighted by molar-refractivity contribution is 1.16. The maximum atomic E-state index is 5.75. The van der Waals surface area contributed by atoms with Crippen molar-refractivity contribution in [1.29, 1.82) is 0 Å². The number of nitrogen functional groups attached to an aromatic ring is 1. The average Bonchev–Trinajstić information content (AvgIpc) is 2.71. The molecule has 2 heterocycles. The molecule has 0 saturated carbocycles. The first kappa shape index (κ1) is 9.90. The maximum Gasteiger partial charge on any atom is 0.144 e. The highest BCUT2D eigenvalue weighted by atomic mass is 15.0. The molecule has 0 unspecified atom stereocenters. The van der Waals surface area contributed by atoms with Crippen LogP contribution in [-0.4, -0.2) is 9.38 Å². The van der Waals surface area contributed by atoms with Gasteiger partial charge in [0.25, 0.3) is 0 Å². The van der Waals surface area contributed by atoms with Crippen LogP contribution in [0.1, 0.15) is 5.56 Å². The molecule has 17 heavy (non-hydrogen) atoms. The lowest BCUT2D eigenvalue weighted by Crippen LogP contribution is -1.91. The van der Waals surface area contributed by atoms with Crippen molar-refractivity contribution in [3.8, 4) is 11.4 Å². The third-order valence-electron chi connectivity index (χ3n) is 2.83. The number of benzene rings is 1. The molecular formula is C14H13N3. The molecule has 0 aliphatic rings. The summed E-state index contributed by atoms with van der Waals surface area (Å²) in [5, 5.41) is 0. The van der Waals surface area contributed by atoms with Gasteiger partial charge in [0.15, 0.2) is 0 Å². The van der Waals surface area contributed by atoms with Crippen molar-refractivity contribution in [2.45, 2.75) is 6.92 Å². The van der Waals surface area contributed by atoms with Crippen LogP contribution in [-0.2, 0) is 0 Å². The number of rotatable bonds is 1. The third-order valence-corrected chi connectivity index (χ3v) is 2.83. The second-order valence-electron chi connectivity index (χ2n) is 4.21. The zero-order valence-electron chi connectivity index (χ0n) is 9.59. The zero-order chi connectivity index (χ0) is 11.8. The van der Waals surface area contributed by atoms with Crippen LogP contribution in [0.5, 0.6) is 0 Å². The normalized spacial score (nSPS) is 10.9. The minimum Gasteiger partial charge on any atom is -0.399 e. The first-order chi connectivity index (χ1) is 8.24. The molecule has 0 saturated heterocycles. The molecule has 0 spiro atoms. The molecular weight excluding hydrogens is 210 g/mol. The first-order valence-corrected chi connectivity index (χ1v) is 5.54. The van der Waals surface area contributed by atoms with E-state index in [1.54, 1.807) is 0 Å². The van der Waals surface area contributed by atoms with Gasteiger partial charge in [0, 0.05) is 17.4 Å². The molecule has 3 rings (SSSR count). The Morgan fingerprint density at radius 3 is 2.88 bits per heavy atom. The van der Waals surface area contributed by atoms with Gasteiger partial charge in [-0.2, -0.15) is 0 Å². The monoisotopic (exact) mass is 223 g/mol. The molecule has 3 heteroatoms. The Morgan fingerprint density at radius 1 is 1.18 bits per heavy atom. The summed E-state index contributed by atoms with van der Waals surface area (Å²) in [5.41, 5.74) is 9.88. The van der Waals surface area contributed by atoms with Crippen LogP contribution in [0.2, 0.25) is 0 Å². The zero-order valence-corrected chi connectivity index (χ0v) is 9.59. The number of nitrogens with two attached hydrogens (primary N) is 1. The van der Waals surface area contributed by atoms with E-state index in [-0.39, 0.29) is 0 Å². The van der Waals surface area contributed by atoms with Crippen LogP contribution in [0, 0.1) is 6.92 Å². The van der Waals surface area contributed by atoms with Gasteiger partial charge in [0.1, 0.15) is 5.82 Å². The number of fused-ring (bicyclic) bond motifs is 1. The van der Waals surface area contributed by atoms with Crippen molar-refractivity contribution in [3.05, 3.63) is 54.4 Å². The first-order valence-electron chi connectivity index (χ1n) is 5.54. The van der Waals surface area contributed by atoms with Gasteiger partial charge in [0.05, 0.1) is 11.7 Å². The Morgan fingerprint density at radius 2 is 2.06 bits per heavy atom. The van der Waals surface area contributed by atoms with E-state index in [1.165, 1.54) is 5.56 Å². The number of pyridine rings is 1. The van der Waals surface area contributed by atoms with E-state index < -0.39 is 0 Å². The Hall–Kier alpha value is -2.29. The van der Waals surface area contributed by atoms with Crippen LogP contribution in [0.4, 0.5) is 5.69 Å². The highest BCUT2D eigenvalue weighted by molar-refractivity contribution is 5.65. The topological polar surface area (TPSA) is 43.3 Å². The minimum atomic E-state index is 0.758. The predicted molar refractivity (Wildman–Crippen MR) is 69.8 cm³/mol. The van der Waals surface area contributed by atoms with E-state index >= 15 is 0 Å². The highest BCUT2D eigenvalue weighted by Gasteiger charge is 2.05. The number of hydrogen-bond acceptors (Lipinski definition) is 2. The van der Waals surface area contributed by atoms with Crippen molar-refractivity contribution in [2.24, 2.45) is 0 Å². The number of nitrogens with zero attached hydrogens (tertiary/aromatic N) is 2. The fraction of sp³-hybridized carbons (Fsp3) is 0.0714. The molecule has 3 aromatic rings. The van der Waals surface area contributed by atoms with Gasteiger partial charge in [-0.15, -0.1) is 0 Å². The highest BCUT2D eigenvalue weighted by Crippen LogP contribution is 2.21. The van der Waals surface area contributed by atoms with Gasteiger partial charge in [-0.05, 0) is 25.1 Å². The second kappa shape index (κ2) is 3.63. The van der Waals surface area contributed by atoms with Crippen molar-refractivity contribution in [2.75, 3.05) is 5.73 Å². The van der Waals surface area contributed by atoms with Crippen molar-refractivity contribution in [1.82, 2.24) is 9.38 Å². The minimum absolute atomic E-state index is 0.758. The fourth-order valence-corrected chi connectivity index (χ4v) is 2.01. The van der Waals surface area contributed by atoms with E-state index in [2.05, 4.69) is 30.1 Å². The molecule has 0 radical (unpaired) electrons. The van der Waals surface area contributed by atoms with Gasteiger partial charge in [-0.25, -0.2) is 4.98 Å². The summed E-state index contributed by atoms with van der Waals surface area (Å²) < 4.78 is 2.05. The molecule has 0 fully saturated rings. The van der Waals surface area contributed by atoms with Crippen LogP contribution in [0.3, 0.4) is 0 Å². The number of aromatic nitrogens is 2. The van der Waals surface area contributed by atoms with Gasteiger partial charge in [-0.3, -0.25) is 4.40 Å². The van der Waals surface area contributed by atoms with E-state index in [0.717, 1.165) is 22.6 Å². The number of anilines is 1. The summed E-state index contributed by atoms with van der Waals surface area (Å²) in [7, 11) is 0. The molecule has 2 aromatic heterocycles. The molecule has 0 amide bonds. The number of hydrogen-bond donors (Lipinski definition) is 1. The lowest BCUT2D eigenvalue weighted by Gasteiger charge is -2.03. The van der Waals surface area contributed by atoms with E-state index in [0.29, 0.717) is 0 Å². The van der Waals surface area contributed by atoms with Crippen molar-refractivity contribution >= 4 is 11.2 Å². The number of imidazole rings is 1. The number of aryl methyl sites for hydroxylation is 1. The summed E-state index contributed by atoms with van der Waals surface area (Å²) >= 11 is 0. The Balaban J connectivity index is 2.24. The molecule has 84 valence electrons. The Bertz CT molecular complexity index is 683. The van der Waals surface area contributed by atoms with Crippen LogP contribution >= 0.6 is 0 Å². The Kier molecular flexibility index (Phi) is 2.11. The predicted octanol–water partition coefficient (Wildman–Crippen LogP) is 2.89. The molecule has 3 nitrogen and oxygen atoms in total. The molecule has 0 aliphatic carbocycles. The molecule has 0 atom stereocenters. The summed E-state index contributed by atoms with van der Waals surface area (Å²) in [6, 6.07) is 12.1. The summed E-state index contributed by atoms with van der Waals surface area (Å²) in [5.74, 6) is 0.948. The second-order valence-corrected chi connectivity index (χ2v) is 4.21. The van der Waals surface area contributed by atoms with Gasteiger partial charge < -0.3 is 5.73 Å². The summed E-state index contributed by atoms with van der Waals surface area (Å²) in [6.07, 6.45) is 3.80. The Labute approximate surface area is 99.5 Å². The molecule has 1 aromatic carbocycles. The van der Waals surface area contributed by atoms with Crippen LogP contribution < -0.4 is 5.73 Å². The van der Waals surface area contributed by atoms with Gasteiger partial charge >= 0.3 is 0 Å². The maximum absolute atomic E-state index is 5.75. The SMILES string of the molecule is Cc1cccc(-c2ncc3cc(N)ccn23)c1. The smallest absolute Gasteiger partial charge is 0.144 e. The van der Waals surface area contributed by atoms with E-state index in [1.807, 2.05) is 35.0 Å². The van der Waals surface area contributed by atoms with Crippen molar-refractivity contribution in [3.63, 3.8) is 0 Å². The largest absolute Gasteiger partial charge is 0.399 e. The quantitative estimate of drug-likeness (QED) is 0.689. The van der Waals surface area contributed by atoms with Crippen molar-refractivity contribution < 1.29 is 0 Å².